The van der Waals surface area contributed by atoms with Crippen LogP contribution in [0.2, 0.25) is 0 Å². The lowest BCUT2D eigenvalue weighted by Crippen LogP contribution is -2.29. The molecule has 1 aliphatic rings. The minimum absolute atomic E-state index is 0.0674. The maximum absolute atomic E-state index is 13.0. The second-order valence-corrected chi connectivity index (χ2v) is 6.80. The van der Waals surface area contributed by atoms with Crippen LogP contribution in [0, 0.1) is 6.92 Å². The van der Waals surface area contributed by atoms with Crippen molar-refractivity contribution in [2.24, 2.45) is 4.99 Å². The van der Waals surface area contributed by atoms with E-state index in [-0.39, 0.29) is 11.7 Å². The van der Waals surface area contributed by atoms with Gasteiger partial charge in [0, 0.05) is 6.54 Å². The molecule has 1 heterocycles. The zero-order valence-corrected chi connectivity index (χ0v) is 15.1. The number of hydrogen-bond acceptors (Lipinski definition) is 4. The van der Waals surface area contributed by atoms with Gasteiger partial charge in [-0.2, -0.15) is 0 Å². The number of rotatable bonds is 4. The van der Waals surface area contributed by atoms with Gasteiger partial charge in [0.2, 0.25) is 0 Å². The summed E-state index contributed by atoms with van der Waals surface area (Å²) in [5, 5.41) is 10.1. The van der Waals surface area contributed by atoms with Gasteiger partial charge in [0.1, 0.15) is 5.75 Å². The van der Waals surface area contributed by atoms with Gasteiger partial charge in [-0.3, -0.25) is 14.7 Å². The Labute approximate surface area is 151 Å². The molecule has 3 rings (SSSR count). The predicted octanol–water partition coefficient (Wildman–Crippen LogP) is 4.59. The highest BCUT2D eigenvalue weighted by Crippen LogP contribution is 2.37. The van der Waals surface area contributed by atoms with Crippen LogP contribution in [0.4, 0.5) is 5.69 Å². The Hall–Kier alpha value is -2.53. The number of amides is 1. The quantitative estimate of drug-likeness (QED) is 0.819. The number of benzene rings is 2. The first-order valence-electron chi connectivity index (χ1n) is 8.23. The van der Waals surface area contributed by atoms with Gasteiger partial charge in [0.05, 0.1) is 10.6 Å². The van der Waals surface area contributed by atoms with Crippen LogP contribution < -0.4 is 4.90 Å². The smallest absolute Gasteiger partial charge is 0.271 e. The van der Waals surface area contributed by atoms with E-state index >= 15 is 0 Å². The first kappa shape index (κ1) is 17.3. The van der Waals surface area contributed by atoms with E-state index in [1.807, 2.05) is 37.3 Å². The Kier molecular flexibility index (Phi) is 5.24. The van der Waals surface area contributed by atoms with Gasteiger partial charge in [-0.1, -0.05) is 37.3 Å². The highest BCUT2D eigenvalue weighted by molar-refractivity contribution is 8.19. The number of anilines is 1. The molecule has 2 aromatic rings. The van der Waals surface area contributed by atoms with E-state index in [4.69, 9.17) is 0 Å². The van der Waals surface area contributed by atoms with E-state index in [2.05, 4.69) is 11.9 Å². The zero-order valence-electron chi connectivity index (χ0n) is 14.3. The van der Waals surface area contributed by atoms with Crippen molar-refractivity contribution < 1.29 is 9.90 Å². The summed E-state index contributed by atoms with van der Waals surface area (Å²) < 4.78 is 0. The molecule has 0 bridgehead atoms. The Morgan fingerprint density at radius 2 is 1.88 bits per heavy atom. The van der Waals surface area contributed by atoms with E-state index in [0.29, 0.717) is 16.6 Å². The van der Waals surface area contributed by atoms with Crippen molar-refractivity contribution in [3.8, 4) is 5.75 Å². The summed E-state index contributed by atoms with van der Waals surface area (Å²) in [6, 6.07) is 14.6. The zero-order chi connectivity index (χ0) is 17.8. The molecule has 0 spiro atoms. The standard InChI is InChI=1S/C20H20N2O2S/c1-3-12-21-20-22(17-7-5-4-6-14(17)2)19(24)18(25-20)13-15-8-10-16(23)11-9-15/h4-11,13,23H,3,12H2,1-2H3. The number of thioether (sulfide) groups is 1. The molecule has 0 aromatic heterocycles. The third kappa shape index (κ3) is 3.77. The third-order valence-corrected chi connectivity index (χ3v) is 4.83. The fourth-order valence-corrected chi connectivity index (χ4v) is 3.53. The van der Waals surface area contributed by atoms with E-state index in [1.165, 1.54) is 11.8 Å². The van der Waals surface area contributed by atoms with Crippen LogP contribution in [0.1, 0.15) is 24.5 Å². The van der Waals surface area contributed by atoms with Crippen molar-refractivity contribution in [2.45, 2.75) is 20.3 Å². The molecular formula is C20H20N2O2S. The van der Waals surface area contributed by atoms with Gasteiger partial charge in [0.15, 0.2) is 5.17 Å². The minimum atomic E-state index is -0.0674. The molecule has 0 atom stereocenters. The van der Waals surface area contributed by atoms with E-state index in [1.54, 1.807) is 29.2 Å². The lowest BCUT2D eigenvalue weighted by Gasteiger charge is -2.17. The molecule has 1 fully saturated rings. The lowest BCUT2D eigenvalue weighted by atomic mass is 10.1. The number of hydrogen-bond donors (Lipinski definition) is 1. The van der Waals surface area contributed by atoms with Gasteiger partial charge < -0.3 is 5.11 Å². The number of aromatic hydroxyl groups is 1. The largest absolute Gasteiger partial charge is 0.508 e. The molecule has 1 saturated heterocycles. The molecule has 4 nitrogen and oxygen atoms in total. The monoisotopic (exact) mass is 352 g/mol. The number of aliphatic imine (C=N–C) groups is 1. The van der Waals surface area contributed by atoms with E-state index in [9.17, 15) is 9.90 Å². The molecule has 25 heavy (non-hydrogen) atoms. The SMILES string of the molecule is CCCN=C1SC(=Cc2ccc(O)cc2)C(=O)N1c1ccccc1C. The first-order chi connectivity index (χ1) is 12.1. The predicted molar refractivity (Wildman–Crippen MR) is 105 cm³/mol. The number of phenolic OH excluding ortho intramolecular Hbond substituents is 1. The number of carbonyl (C=O) groups excluding carboxylic acids is 1. The highest BCUT2D eigenvalue weighted by atomic mass is 32.2. The second-order valence-electron chi connectivity index (χ2n) is 5.79. The van der Waals surface area contributed by atoms with E-state index in [0.717, 1.165) is 23.2 Å². The van der Waals surface area contributed by atoms with Gasteiger partial charge in [0.25, 0.3) is 5.91 Å². The Morgan fingerprint density at radius 1 is 1.16 bits per heavy atom. The summed E-state index contributed by atoms with van der Waals surface area (Å²) in [5.74, 6) is 0.140. The van der Waals surface area contributed by atoms with E-state index < -0.39 is 0 Å². The summed E-state index contributed by atoms with van der Waals surface area (Å²) >= 11 is 1.39. The van der Waals surface area contributed by atoms with Gasteiger partial charge >= 0.3 is 0 Å². The second kappa shape index (κ2) is 7.57. The maximum Gasteiger partial charge on any atom is 0.271 e. The number of aryl methyl sites for hydroxylation is 1. The van der Waals surface area contributed by atoms with Crippen LogP contribution in [0.15, 0.2) is 58.4 Å². The summed E-state index contributed by atoms with van der Waals surface area (Å²) in [4.78, 5) is 19.9. The van der Waals surface area contributed by atoms with Crippen molar-refractivity contribution in [2.75, 3.05) is 11.4 Å². The fourth-order valence-electron chi connectivity index (χ4n) is 2.54. The molecular weight excluding hydrogens is 332 g/mol. The van der Waals surface area contributed by atoms with Crippen LogP contribution in [0.25, 0.3) is 6.08 Å². The van der Waals surface area contributed by atoms with Crippen molar-refractivity contribution in [1.82, 2.24) is 0 Å². The Bertz CT molecular complexity index is 841. The summed E-state index contributed by atoms with van der Waals surface area (Å²) in [5.41, 5.74) is 2.77. The Morgan fingerprint density at radius 3 is 2.56 bits per heavy atom. The number of amidine groups is 1. The molecule has 0 radical (unpaired) electrons. The van der Waals surface area contributed by atoms with Crippen molar-refractivity contribution in [3.63, 3.8) is 0 Å². The summed E-state index contributed by atoms with van der Waals surface area (Å²) in [6.07, 6.45) is 2.77. The molecule has 0 aliphatic carbocycles. The van der Waals surface area contributed by atoms with Gasteiger partial charge in [-0.25, -0.2) is 0 Å². The molecule has 2 aromatic carbocycles. The molecule has 1 aliphatic heterocycles. The fraction of sp³-hybridized carbons (Fsp3) is 0.200. The van der Waals surface area contributed by atoms with Crippen LogP contribution in [0.3, 0.4) is 0 Å². The normalized spacial score (nSPS) is 17.7. The topological polar surface area (TPSA) is 52.9 Å². The van der Waals surface area contributed by atoms with Crippen LogP contribution >= 0.6 is 11.8 Å². The molecule has 0 saturated carbocycles. The van der Waals surface area contributed by atoms with Crippen LogP contribution in [0.5, 0.6) is 5.75 Å². The van der Waals surface area contributed by atoms with Crippen molar-refractivity contribution >= 4 is 34.6 Å². The van der Waals surface area contributed by atoms with Crippen LogP contribution in [-0.2, 0) is 4.79 Å². The lowest BCUT2D eigenvalue weighted by molar-refractivity contribution is -0.113. The van der Waals surface area contributed by atoms with Gasteiger partial charge in [-0.05, 0) is 60.5 Å². The number of nitrogens with zero attached hydrogens (tertiary/aromatic N) is 2. The number of carbonyl (C=O) groups is 1. The summed E-state index contributed by atoms with van der Waals surface area (Å²) in [7, 11) is 0. The number of phenols is 1. The third-order valence-electron chi connectivity index (χ3n) is 3.82. The van der Waals surface area contributed by atoms with Crippen molar-refractivity contribution in [1.29, 1.82) is 0 Å². The maximum atomic E-state index is 13.0. The molecule has 1 amide bonds. The molecule has 5 heteroatoms. The Balaban J connectivity index is 2.00. The summed E-state index contributed by atoms with van der Waals surface area (Å²) in [6.45, 7) is 4.74. The first-order valence-corrected chi connectivity index (χ1v) is 9.05. The minimum Gasteiger partial charge on any atom is -0.508 e. The molecule has 128 valence electrons. The van der Waals surface area contributed by atoms with Crippen LogP contribution in [-0.4, -0.2) is 22.7 Å². The average Bonchev–Trinajstić information content (AvgIpc) is 2.91. The number of para-hydroxylation sites is 1. The average molecular weight is 352 g/mol. The van der Waals surface area contributed by atoms with Crippen molar-refractivity contribution in [3.05, 3.63) is 64.6 Å². The van der Waals surface area contributed by atoms with Gasteiger partial charge in [-0.15, -0.1) is 0 Å². The highest BCUT2D eigenvalue weighted by Gasteiger charge is 2.35. The molecule has 0 unspecified atom stereocenters. The molecule has 1 N–H and O–H groups in total.